The highest BCUT2D eigenvalue weighted by atomic mass is 16.4. The van der Waals surface area contributed by atoms with Crippen molar-refractivity contribution in [3.05, 3.63) is 47.0 Å². The van der Waals surface area contributed by atoms with Gasteiger partial charge in [-0.05, 0) is 38.8 Å². The number of benzene rings is 1. The van der Waals surface area contributed by atoms with E-state index in [0.717, 1.165) is 19.5 Å². The molecule has 0 unspecified atom stereocenters. The number of carbonyl (C=O) groups is 1. The zero-order chi connectivity index (χ0) is 13.5. The molecule has 1 aromatic carbocycles. The van der Waals surface area contributed by atoms with Crippen LogP contribution in [-0.2, 0) is 11.3 Å². The molecule has 0 bridgehead atoms. The van der Waals surface area contributed by atoms with Gasteiger partial charge >= 0.3 is 5.97 Å². The van der Waals surface area contributed by atoms with Crippen molar-refractivity contribution < 1.29 is 9.90 Å². The van der Waals surface area contributed by atoms with Gasteiger partial charge in [0.1, 0.15) is 0 Å². The predicted octanol–water partition coefficient (Wildman–Crippen LogP) is 2.81. The molecule has 0 aliphatic carbocycles. The Balaban J connectivity index is 2.26. The van der Waals surface area contributed by atoms with E-state index in [4.69, 9.17) is 5.11 Å². The Morgan fingerprint density at radius 2 is 1.89 bits per heavy atom. The van der Waals surface area contributed by atoms with Crippen LogP contribution in [0.15, 0.2) is 30.4 Å². The summed E-state index contributed by atoms with van der Waals surface area (Å²) in [7, 11) is 0. The summed E-state index contributed by atoms with van der Waals surface area (Å²) >= 11 is 0. The molecule has 0 amide bonds. The van der Waals surface area contributed by atoms with Crippen LogP contribution in [0.5, 0.6) is 0 Å². The largest absolute Gasteiger partial charge is 0.478 e. The fourth-order valence-electron chi connectivity index (χ4n) is 1.94. The fourth-order valence-corrected chi connectivity index (χ4v) is 1.94. The lowest BCUT2D eigenvalue weighted by atomic mass is 10.1. The molecule has 1 aromatic rings. The highest BCUT2D eigenvalue weighted by molar-refractivity contribution is 5.85. The third kappa shape index (κ3) is 5.15. The highest BCUT2D eigenvalue weighted by Gasteiger charge is 2.02. The molecule has 0 fully saturated rings. The van der Waals surface area contributed by atoms with Gasteiger partial charge in [0.05, 0.1) is 0 Å². The van der Waals surface area contributed by atoms with Crippen molar-refractivity contribution in [1.82, 2.24) is 5.32 Å². The van der Waals surface area contributed by atoms with Crippen LogP contribution in [0.4, 0.5) is 0 Å². The Kier molecular flexibility index (Phi) is 5.59. The van der Waals surface area contributed by atoms with E-state index in [9.17, 15) is 4.79 Å². The number of rotatable bonds is 7. The molecule has 0 saturated carbocycles. The minimum absolute atomic E-state index is 0.281. The molecule has 0 heterocycles. The van der Waals surface area contributed by atoms with Crippen LogP contribution >= 0.6 is 0 Å². The molecule has 0 saturated heterocycles. The summed E-state index contributed by atoms with van der Waals surface area (Å²) in [6.45, 7) is 9.31. The zero-order valence-corrected chi connectivity index (χ0v) is 11.1. The number of carboxylic acids is 1. The van der Waals surface area contributed by atoms with Gasteiger partial charge in [0, 0.05) is 12.1 Å². The Bertz CT molecular complexity index is 418. The molecule has 0 spiro atoms. The average Bonchev–Trinajstić information content (AvgIpc) is 2.26. The van der Waals surface area contributed by atoms with Gasteiger partial charge in [-0.2, -0.15) is 0 Å². The number of hydrogen-bond donors (Lipinski definition) is 2. The van der Waals surface area contributed by atoms with Crippen molar-refractivity contribution in [3.63, 3.8) is 0 Å². The molecule has 3 nitrogen and oxygen atoms in total. The van der Waals surface area contributed by atoms with Crippen LogP contribution in [0, 0.1) is 13.8 Å². The summed E-state index contributed by atoms with van der Waals surface area (Å²) in [5, 5.41) is 12.0. The van der Waals surface area contributed by atoms with Crippen LogP contribution in [0.2, 0.25) is 0 Å². The monoisotopic (exact) mass is 247 g/mol. The first-order chi connectivity index (χ1) is 8.49. The van der Waals surface area contributed by atoms with Crippen molar-refractivity contribution in [2.75, 3.05) is 6.54 Å². The van der Waals surface area contributed by atoms with Gasteiger partial charge in [0.15, 0.2) is 0 Å². The molecule has 0 aliphatic rings. The molecule has 3 heteroatoms. The molecule has 2 N–H and O–H groups in total. The Morgan fingerprint density at radius 1 is 1.28 bits per heavy atom. The third-order valence-electron chi connectivity index (χ3n) is 2.75. The van der Waals surface area contributed by atoms with Gasteiger partial charge in [-0.1, -0.05) is 35.9 Å². The topological polar surface area (TPSA) is 49.3 Å². The van der Waals surface area contributed by atoms with Gasteiger partial charge in [-0.3, -0.25) is 0 Å². The van der Waals surface area contributed by atoms with E-state index in [1.165, 1.54) is 16.7 Å². The number of hydrogen-bond acceptors (Lipinski definition) is 2. The summed E-state index contributed by atoms with van der Waals surface area (Å²) < 4.78 is 0. The lowest BCUT2D eigenvalue weighted by Gasteiger charge is -2.07. The molecule has 0 aromatic heterocycles. The quantitative estimate of drug-likeness (QED) is 0.575. The zero-order valence-electron chi connectivity index (χ0n) is 11.1. The SMILES string of the molecule is C=C(CCCNCc1cc(C)cc(C)c1)C(=O)O. The van der Waals surface area contributed by atoms with E-state index in [0.29, 0.717) is 6.42 Å². The second-order valence-electron chi connectivity index (χ2n) is 4.68. The van der Waals surface area contributed by atoms with E-state index in [2.05, 4.69) is 43.9 Å². The second kappa shape index (κ2) is 6.97. The summed E-state index contributed by atoms with van der Waals surface area (Å²) in [6, 6.07) is 6.48. The van der Waals surface area contributed by atoms with Crippen molar-refractivity contribution in [2.24, 2.45) is 0 Å². The Morgan fingerprint density at radius 3 is 2.44 bits per heavy atom. The maximum atomic E-state index is 10.5. The van der Waals surface area contributed by atoms with E-state index < -0.39 is 5.97 Å². The first-order valence-electron chi connectivity index (χ1n) is 6.18. The van der Waals surface area contributed by atoms with Crippen molar-refractivity contribution in [2.45, 2.75) is 33.2 Å². The smallest absolute Gasteiger partial charge is 0.330 e. The highest BCUT2D eigenvalue weighted by Crippen LogP contribution is 2.08. The Labute approximate surface area is 109 Å². The molecule has 1 rings (SSSR count). The van der Waals surface area contributed by atoms with Gasteiger partial charge in [0.25, 0.3) is 0 Å². The van der Waals surface area contributed by atoms with E-state index in [1.807, 2.05) is 0 Å². The van der Waals surface area contributed by atoms with Crippen LogP contribution in [0.25, 0.3) is 0 Å². The number of nitrogens with one attached hydrogen (secondary N) is 1. The lowest BCUT2D eigenvalue weighted by Crippen LogP contribution is -2.15. The number of aryl methyl sites for hydroxylation is 2. The standard InChI is InChI=1S/C15H21NO2/c1-11-7-12(2)9-14(8-11)10-16-6-4-5-13(3)15(17)18/h7-9,16H,3-6,10H2,1-2H3,(H,17,18). The fraction of sp³-hybridized carbons (Fsp3) is 0.400. The van der Waals surface area contributed by atoms with Crippen LogP contribution in [0.3, 0.4) is 0 Å². The molecular weight excluding hydrogens is 226 g/mol. The third-order valence-corrected chi connectivity index (χ3v) is 2.75. The van der Waals surface area contributed by atoms with E-state index in [-0.39, 0.29) is 5.57 Å². The maximum Gasteiger partial charge on any atom is 0.330 e. The average molecular weight is 247 g/mol. The molecule has 0 radical (unpaired) electrons. The summed E-state index contributed by atoms with van der Waals surface area (Å²) in [5.41, 5.74) is 4.09. The van der Waals surface area contributed by atoms with E-state index in [1.54, 1.807) is 0 Å². The summed E-state index contributed by atoms with van der Waals surface area (Å²) in [5.74, 6) is -0.899. The van der Waals surface area contributed by atoms with Crippen LogP contribution in [-0.4, -0.2) is 17.6 Å². The van der Waals surface area contributed by atoms with Gasteiger partial charge in [0.2, 0.25) is 0 Å². The molecule has 98 valence electrons. The van der Waals surface area contributed by atoms with Crippen molar-refractivity contribution in [1.29, 1.82) is 0 Å². The van der Waals surface area contributed by atoms with Crippen molar-refractivity contribution in [3.8, 4) is 0 Å². The van der Waals surface area contributed by atoms with Gasteiger partial charge in [-0.25, -0.2) is 4.79 Å². The Hall–Kier alpha value is -1.61. The molecule has 0 atom stereocenters. The minimum atomic E-state index is -0.899. The van der Waals surface area contributed by atoms with Gasteiger partial charge in [-0.15, -0.1) is 0 Å². The molecule has 0 aliphatic heterocycles. The minimum Gasteiger partial charge on any atom is -0.478 e. The summed E-state index contributed by atoms with van der Waals surface area (Å²) in [6.07, 6.45) is 1.34. The number of aliphatic carboxylic acids is 1. The maximum absolute atomic E-state index is 10.5. The normalized spacial score (nSPS) is 10.3. The lowest BCUT2D eigenvalue weighted by molar-refractivity contribution is -0.132. The van der Waals surface area contributed by atoms with Crippen molar-refractivity contribution >= 4 is 5.97 Å². The predicted molar refractivity (Wildman–Crippen MR) is 73.6 cm³/mol. The molecule has 18 heavy (non-hydrogen) atoms. The van der Waals surface area contributed by atoms with Gasteiger partial charge < -0.3 is 10.4 Å². The van der Waals surface area contributed by atoms with Crippen LogP contribution < -0.4 is 5.32 Å². The second-order valence-corrected chi connectivity index (χ2v) is 4.68. The number of carboxylic acid groups (broad SMARTS) is 1. The van der Waals surface area contributed by atoms with E-state index >= 15 is 0 Å². The summed E-state index contributed by atoms with van der Waals surface area (Å²) in [4.78, 5) is 10.5. The molecular formula is C15H21NO2. The van der Waals surface area contributed by atoms with Crippen LogP contribution in [0.1, 0.15) is 29.5 Å². The first-order valence-corrected chi connectivity index (χ1v) is 6.18. The first kappa shape index (κ1) is 14.5.